The number of thiophene rings is 1. The van der Waals surface area contributed by atoms with E-state index < -0.39 is 5.69 Å². The van der Waals surface area contributed by atoms with Crippen LogP contribution in [0.4, 0.5) is 4.39 Å². The molecule has 10 heteroatoms. The van der Waals surface area contributed by atoms with Gasteiger partial charge in [0.25, 0.3) is 5.56 Å². The Morgan fingerprint density at radius 3 is 2.54 bits per heavy atom. The molecule has 0 aliphatic heterocycles. The van der Waals surface area contributed by atoms with Crippen LogP contribution in [-0.4, -0.2) is 27.5 Å². The zero-order valence-corrected chi connectivity index (χ0v) is 22.9. The van der Waals surface area contributed by atoms with Crippen LogP contribution in [0.2, 0.25) is 0 Å². The lowest BCUT2D eigenvalue weighted by atomic mass is 9.97. The van der Waals surface area contributed by atoms with E-state index in [-0.39, 0.29) is 36.3 Å². The van der Waals surface area contributed by atoms with Gasteiger partial charge < -0.3 is 10.6 Å². The number of rotatable bonds is 13. The fraction of sp³-hybridized carbons (Fsp3) is 0.448. The summed E-state index contributed by atoms with van der Waals surface area (Å²) in [5.41, 5.74) is 1.84. The molecule has 4 rings (SSSR count). The smallest absolute Gasteiger partial charge is 0.332 e. The van der Waals surface area contributed by atoms with Crippen LogP contribution in [-0.2, 0) is 29.2 Å². The van der Waals surface area contributed by atoms with Gasteiger partial charge in [-0.15, -0.1) is 11.3 Å². The van der Waals surface area contributed by atoms with Crippen molar-refractivity contribution in [1.29, 1.82) is 0 Å². The molecule has 0 spiro atoms. The van der Waals surface area contributed by atoms with Gasteiger partial charge in [0.15, 0.2) is 0 Å². The molecule has 1 aromatic carbocycles. The summed E-state index contributed by atoms with van der Waals surface area (Å²) >= 11 is 1.26. The fourth-order valence-electron chi connectivity index (χ4n) is 4.80. The quantitative estimate of drug-likeness (QED) is 0.244. The molecular weight excluding hydrogens is 519 g/mol. The van der Waals surface area contributed by atoms with Crippen LogP contribution in [0.3, 0.4) is 0 Å². The van der Waals surface area contributed by atoms with Crippen molar-refractivity contribution in [2.24, 2.45) is 0 Å². The molecule has 0 saturated heterocycles. The molecule has 3 aromatic rings. The first-order valence-electron chi connectivity index (χ1n) is 13.6. The summed E-state index contributed by atoms with van der Waals surface area (Å²) in [5, 5.41) is 7.48. The number of hydrogen-bond acceptors (Lipinski definition) is 5. The third-order valence-electron chi connectivity index (χ3n) is 6.98. The third kappa shape index (κ3) is 7.98. The van der Waals surface area contributed by atoms with Crippen molar-refractivity contribution >= 4 is 33.4 Å². The Balaban J connectivity index is 1.28. The number of allylic oxidation sites excluding steroid dienone is 1. The van der Waals surface area contributed by atoms with Gasteiger partial charge >= 0.3 is 5.69 Å². The average molecular weight is 555 g/mol. The number of nitrogens with zero attached hydrogens (tertiary/aromatic N) is 2. The van der Waals surface area contributed by atoms with Crippen molar-refractivity contribution in [3.63, 3.8) is 0 Å². The zero-order chi connectivity index (χ0) is 27.6. The number of aromatic nitrogens is 2. The van der Waals surface area contributed by atoms with Crippen LogP contribution in [0, 0.1) is 5.82 Å². The predicted molar refractivity (Wildman–Crippen MR) is 151 cm³/mol. The second kappa shape index (κ2) is 14.0. The molecule has 208 valence electrons. The molecular formula is C29H35FN4O4S. The van der Waals surface area contributed by atoms with Crippen molar-refractivity contribution in [3.05, 3.63) is 79.6 Å². The molecule has 0 atom stereocenters. The first kappa shape index (κ1) is 28.5. The molecule has 0 saturated carbocycles. The maximum Gasteiger partial charge on any atom is 0.332 e. The molecule has 0 radical (unpaired) electrons. The summed E-state index contributed by atoms with van der Waals surface area (Å²) in [6, 6.07) is 7.67. The van der Waals surface area contributed by atoms with Gasteiger partial charge in [0.05, 0.1) is 5.52 Å². The number of benzene rings is 1. The maximum atomic E-state index is 13.2. The van der Waals surface area contributed by atoms with Crippen LogP contribution < -0.4 is 21.9 Å². The standard InChI is InChI=1S/C29H35FN4O4S/c30-23-12-10-22(11-13-23)19-32-25(35)9-5-2-6-17-33-28(37)27-24(15-18-39-27)34(29(33)38)20-26(36)31-16-14-21-7-3-1-4-8-21/h7,10-13,15,18H,1-6,8-9,14,16-17,19-20H2,(H,31,36)(H,32,35). The number of hydrogen-bond donors (Lipinski definition) is 2. The molecule has 8 nitrogen and oxygen atoms in total. The van der Waals surface area contributed by atoms with Crippen molar-refractivity contribution in [2.45, 2.75) is 77.4 Å². The van der Waals surface area contributed by atoms with Gasteiger partial charge in [-0.2, -0.15) is 0 Å². The summed E-state index contributed by atoms with van der Waals surface area (Å²) in [6.07, 6.45) is 9.81. The number of halogens is 1. The van der Waals surface area contributed by atoms with Crippen LogP contribution in [0.1, 0.15) is 63.4 Å². The van der Waals surface area contributed by atoms with Gasteiger partial charge in [0.2, 0.25) is 11.8 Å². The van der Waals surface area contributed by atoms with Gasteiger partial charge in [-0.3, -0.25) is 23.5 Å². The molecule has 0 unspecified atom stereocenters. The Labute approximate surface area is 230 Å². The predicted octanol–water partition coefficient (Wildman–Crippen LogP) is 4.25. The van der Waals surface area contributed by atoms with E-state index in [9.17, 15) is 23.6 Å². The molecule has 2 N–H and O–H groups in total. The summed E-state index contributed by atoms with van der Waals surface area (Å²) < 4.78 is 16.0. The summed E-state index contributed by atoms with van der Waals surface area (Å²) in [7, 11) is 0. The first-order valence-corrected chi connectivity index (χ1v) is 14.5. The van der Waals surface area contributed by atoms with Crippen molar-refractivity contribution in [1.82, 2.24) is 19.8 Å². The lowest BCUT2D eigenvalue weighted by molar-refractivity contribution is -0.122. The number of nitrogens with one attached hydrogen (secondary N) is 2. The lowest BCUT2D eigenvalue weighted by Gasteiger charge is -2.14. The van der Waals surface area contributed by atoms with E-state index in [0.717, 1.165) is 24.8 Å². The zero-order valence-electron chi connectivity index (χ0n) is 22.0. The van der Waals surface area contributed by atoms with E-state index in [1.165, 1.54) is 51.0 Å². The fourth-order valence-corrected chi connectivity index (χ4v) is 5.64. The van der Waals surface area contributed by atoms with Crippen molar-refractivity contribution in [2.75, 3.05) is 6.54 Å². The highest BCUT2D eigenvalue weighted by molar-refractivity contribution is 7.17. The van der Waals surface area contributed by atoms with Gasteiger partial charge in [-0.05, 0) is 74.1 Å². The highest BCUT2D eigenvalue weighted by Crippen LogP contribution is 2.19. The summed E-state index contributed by atoms with van der Waals surface area (Å²) in [6.45, 7) is 0.946. The van der Waals surface area contributed by atoms with E-state index >= 15 is 0 Å². The van der Waals surface area contributed by atoms with Gasteiger partial charge in [-0.25, -0.2) is 9.18 Å². The van der Waals surface area contributed by atoms with Gasteiger partial charge in [0.1, 0.15) is 17.1 Å². The minimum atomic E-state index is -0.493. The normalized spacial score (nSPS) is 13.3. The topological polar surface area (TPSA) is 102 Å². The number of amides is 2. The molecule has 0 bridgehead atoms. The van der Waals surface area contributed by atoms with E-state index in [0.29, 0.717) is 49.0 Å². The van der Waals surface area contributed by atoms with Crippen molar-refractivity contribution in [3.8, 4) is 0 Å². The minimum absolute atomic E-state index is 0.107. The Morgan fingerprint density at radius 2 is 1.77 bits per heavy atom. The summed E-state index contributed by atoms with van der Waals surface area (Å²) in [5.74, 6) is -0.678. The van der Waals surface area contributed by atoms with E-state index in [1.807, 2.05) is 0 Å². The van der Waals surface area contributed by atoms with Gasteiger partial charge in [-0.1, -0.05) is 30.2 Å². The summed E-state index contributed by atoms with van der Waals surface area (Å²) in [4.78, 5) is 51.0. The first-order chi connectivity index (χ1) is 18.9. The molecule has 39 heavy (non-hydrogen) atoms. The van der Waals surface area contributed by atoms with Crippen LogP contribution in [0.5, 0.6) is 0 Å². The Kier molecular flexibility index (Phi) is 10.2. The largest absolute Gasteiger partial charge is 0.354 e. The van der Waals surface area contributed by atoms with Crippen LogP contribution >= 0.6 is 11.3 Å². The number of unbranched alkanes of at least 4 members (excludes halogenated alkanes) is 2. The van der Waals surface area contributed by atoms with Crippen molar-refractivity contribution < 1.29 is 14.0 Å². The lowest BCUT2D eigenvalue weighted by Crippen LogP contribution is -2.42. The van der Waals surface area contributed by atoms with E-state index in [2.05, 4.69) is 16.7 Å². The highest BCUT2D eigenvalue weighted by atomic mass is 32.1. The number of carbonyl (C=O) groups is 2. The number of carbonyl (C=O) groups excluding carboxylic acids is 2. The third-order valence-corrected chi connectivity index (χ3v) is 7.87. The highest BCUT2D eigenvalue weighted by Gasteiger charge is 2.16. The Morgan fingerprint density at radius 1 is 0.949 bits per heavy atom. The van der Waals surface area contributed by atoms with Crippen LogP contribution in [0.25, 0.3) is 10.2 Å². The SMILES string of the molecule is O=C(CCCCCn1c(=O)c2sccc2n(CC(=O)NCCC2=CCCCC2)c1=O)NCc1ccc(F)cc1. The number of fused-ring (bicyclic) bond motifs is 1. The van der Waals surface area contributed by atoms with E-state index in [4.69, 9.17) is 0 Å². The monoisotopic (exact) mass is 554 g/mol. The molecule has 0 fully saturated rings. The van der Waals surface area contributed by atoms with E-state index in [1.54, 1.807) is 23.6 Å². The minimum Gasteiger partial charge on any atom is -0.354 e. The Bertz CT molecular complexity index is 1440. The van der Waals surface area contributed by atoms with Gasteiger partial charge in [0, 0.05) is 26.1 Å². The average Bonchev–Trinajstić information content (AvgIpc) is 3.43. The molecule has 1 aliphatic rings. The molecule has 2 aromatic heterocycles. The molecule has 2 heterocycles. The molecule has 2 amide bonds. The second-order valence-corrected chi connectivity index (χ2v) is 10.8. The van der Waals surface area contributed by atoms with Crippen LogP contribution in [0.15, 0.2) is 57.0 Å². The maximum absolute atomic E-state index is 13.2. The second-order valence-electron chi connectivity index (χ2n) is 9.88. The Hall–Kier alpha value is -3.53. The molecule has 1 aliphatic carbocycles.